The zero-order chi connectivity index (χ0) is 18.0. The normalized spacial score (nSPS) is 17.4. The largest absolute Gasteiger partial charge is 0.472 e. The van der Waals surface area contributed by atoms with Crippen molar-refractivity contribution in [3.63, 3.8) is 0 Å². The third-order valence-electron chi connectivity index (χ3n) is 4.72. The SMILES string of the molecule is CC(C)c1ccc(N2CC(C(=O)N(C)Cc3ccoc3)CC2=O)cc1. The van der Waals surface area contributed by atoms with Crippen molar-refractivity contribution in [2.24, 2.45) is 5.92 Å². The molecule has 132 valence electrons. The lowest BCUT2D eigenvalue weighted by molar-refractivity contribution is -0.135. The van der Waals surface area contributed by atoms with Gasteiger partial charge >= 0.3 is 0 Å². The topological polar surface area (TPSA) is 53.8 Å². The summed E-state index contributed by atoms with van der Waals surface area (Å²) in [4.78, 5) is 28.4. The first-order valence-electron chi connectivity index (χ1n) is 8.62. The van der Waals surface area contributed by atoms with Gasteiger partial charge in [-0.05, 0) is 29.7 Å². The molecule has 0 aliphatic carbocycles. The van der Waals surface area contributed by atoms with E-state index in [1.54, 1.807) is 29.4 Å². The lowest BCUT2D eigenvalue weighted by Crippen LogP contribution is -2.34. The van der Waals surface area contributed by atoms with Gasteiger partial charge in [-0.25, -0.2) is 0 Å². The van der Waals surface area contributed by atoms with Crippen LogP contribution in [0.25, 0.3) is 0 Å². The van der Waals surface area contributed by atoms with Gasteiger partial charge in [-0.15, -0.1) is 0 Å². The molecule has 0 radical (unpaired) electrons. The van der Waals surface area contributed by atoms with Crippen LogP contribution in [0, 0.1) is 5.92 Å². The summed E-state index contributed by atoms with van der Waals surface area (Å²) < 4.78 is 5.04. The lowest BCUT2D eigenvalue weighted by atomic mass is 10.0. The van der Waals surface area contributed by atoms with Gasteiger partial charge in [-0.3, -0.25) is 9.59 Å². The van der Waals surface area contributed by atoms with Gasteiger partial charge < -0.3 is 14.2 Å². The summed E-state index contributed by atoms with van der Waals surface area (Å²) in [5, 5.41) is 0. The van der Waals surface area contributed by atoms with Crippen molar-refractivity contribution < 1.29 is 14.0 Å². The van der Waals surface area contributed by atoms with E-state index in [2.05, 4.69) is 13.8 Å². The van der Waals surface area contributed by atoms with Gasteiger partial charge in [0, 0.05) is 37.8 Å². The molecule has 1 atom stereocenters. The zero-order valence-corrected chi connectivity index (χ0v) is 14.9. The molecule has 1 aliphatic rings. The van der Waals surface area contributed by atoms with Crippen molar-refractivity contribution in [2.75, 3.05) is 18.5 Å². The number of amides is 2. The van der Waals surface area contributed by atoms with Gasteiger partial charge in [0.1, 0.15) is 0 Å². The highest BCUT2D eigenvalue weighted by Gasteiger charge is 2.36. The van der Waals surface area contributed by atoms with Crippen molar-refractivity contribution in [3.8, 4) is 0 Å². The fourth-order valence-electron chi connectivity index (χ4n) is 3.21. The van der Waals surface area contributed by atoms with Crippen LogP contribution in [0.2, 0.25) is 0 Å². The first-order chi connectivity index (χ1) is 12.0. The van der Waals surface area contributed by atoms with Gasteiger partial charge in [0.05, 0.1) is 18.4 Å². The Balaban J connectivity index is 1.66. The maximum Gasteiger partial charge on any atom is 0.228 e. The quantitative estimate of drug-likeness (QED) is 0.838. The Morgan fingerprint density at radius 1 is 1.28 bits per heavy atom. The van der Waals surface area contributed by atoms with Crippen LogP contribution in [-0.2, 0) is 16.1 Å². The number of carbonyl (C=O) groups excluding carboxylic acids is 2. The van der Waals surface area contributed by atoms with Crippen LogP contribution in [0.4, 0.5) is 5.69 Å². The van der Waals surface area contributed by atoms with Crippen molar-refractivity contribution in [3.05, 3.63) is 54.0 Å². The molecule has 5 nitrogen and oxygen atoms in total. The highest BCUT2D eigenvalue weighted by Crippen LogP contribution is 2.28. The first kappa shape index (κ1) is 17.3. The number of rotatable bonds is 5. The number of anilines is 1. The van der Waals surface area contributed by atoms with E-state index in [9.17, 15) is 9.59 Å². The highest BCUT2D eigenvalue weighted by molar-refractivity contribution is 6.00. The second-order valence-electron chi connectivity index (χ2n) is 6.98. The van der Waals surface area contributed by atoms with Crippen molar-refractivity contribution in [1.82, 2.24) is 4.90 Å². The van der Waals surface area contributed by atoms with Crippen LogP contribution >= 0.6 is 0 Å². The van der Waals surface area contributed by atoms with E-state index >= 15 is 0 Å². The summed E-state index contributed by atoms with van der Waals surface area (Å²) in [6.07, 6.45) is 3.49. The zero-order valence-electron chi connectivity index (χ0n) is 14.9. The summed E-state index contributed by atoms with van der Waals surface area (Å²) in [5.74, 6) is 0.159. The van der Waals surface area contributed by atoms with E-state index < -0.39 is 0 Å². The molecule has 2 heterocycles. The average molecular weight is 340 g/mol. The molecule has 0 saturated carbocycles. The number of hydrogen-bond acceptors (Lipinski definition) is 3. The summed E-state index contributed by atoms with van der Waals surface area (Å²) in [7, 11) is 1.76. The van der Waals surface area contributed by atoms with Crippen LogP contribution < -0.4 is 4.90 Å². The Morgan fingerprint density at radius 3 is 2.60 bits per heavy atom. The Labute approximate surface area is 148 Å². The fourth-order valence-corrected chi connectivity index (χ4v) is 3.21. The van der Waals surface area contributed by atoms with Crippen LogP contribution in [0.3, 0.4) is 0 Å². The number of furan rings is 1. The Bertz CT molecular complexity index is 735. The maximum absolute atomic E-state index is 12.7. The Morgan fingerprint density at radius 2 is 2.00 bits per heavy atom. The van der Waals surface area contributed by atoms with E-state index in [4.69, 9.17) is 4.42 Å². The average Bonchev–Trinajstić information content (AvgIpc) is 3.23. The van der Waals surface area contributed by atoms with Crippen LogP contribution in [0.15, 0.2) is 47.3 Å². The number of nitrogens with zero attached hydrogens (tertiary/aromatic N) is 2. The van der Waals surface area contributed by atoms with Crippen molar-refractivity contribution in [2.45, 2.75) is 32.7 Å². The number of hydrogen-bond donors (Lipinski definition) is 0. The maximum atomic E-state index is 12.7. The number of benzene rings is 1. The third-order valence-corrected chi connectivity index (χ3v) is 4.72. The Hall–Kier alpha value is -2.56. The molecule has 0 bridgehead atoms. The van der Waals surface area contributed by atoms with E-state index in [-0.39, 0.29) is 24.2 Å². The van der Waals surface area contributed by atoms with Gasteiger partial charge in [0.25, 0.3) is 0 Å². The Kier molecular flexibility index (Phi) is 4.93. The van der Waals surface area contributed by atoms with E-state index in [0.717, 1.165) is 11.3 Å². The molecule has 1 aliphatic heterocycles. The molecule has 1 unspecified atom stereocenters. The molecule has 2 aromatic rings. The van der Waals surface area contributed by atoms with Crippen LogP contribution in [0.5, 0.6) is 0 Å². The smallest absolute Gasteiger partial charge is 0.228 e. The van der Waals surface area contributed by atoms with Gasteiger partial charge in [-0.1, -0.05) is 26.0 Å². The van der Waals surface area contributed by atoms with Crippen molar-refractivity contribution in [1.29, 1.82) is 0 Å². The predicted molar refractivity (Wildman–Crippen MR) is 96.2 cm³/mol. The molecule has 0 N–H and O–H groups in total. The molecule has 1 aromatic carbocycles. The fraction of sp³-hybridized carbons (Fsp3) is 0.400. The van der Waals surface area contributed by atoms with Crippen molar-refractivity contribution >= 4 is 17.5 Å². The minimum absolute atomic E-state index is 0.00384. The van der Waals surface area contributed by atoms with Gasteiger partial charge in [0.15, 0.2) is 0 Å². The molecule has 25 heavy (non-hydrogen) atoms. The monoisotopic (exact) mass is 340 g/mol. The molecule has 2 amide bonds. The van der Waals surface area contributed by atoms with Crippen LogP contribution in [-0.4, -0.2) is 30.3 Å². The second kappa shape index (κ2) is 7.13. The molecule has 0 spiro atoms. The molecular weight excluding hydrogens is 316 g/mol. The van der Waals surface area contributed by atoms with E-state index in [0.29, 0.717) is 19.0 Å². The minimum atomic E-state index is -0.297. The molecular formula is C20H24N2O3. The third kappa shape index (κ3) is 3.76. The van der Waals surface area contributed by atoms with E-state index in [1.807, 2.05) is 30.3 Å². The summed E-state index contributed by atoms with van der Waals surface area (Å²) in [6, 6.07) is 9.87. The predicted octanol–water partition coefficient (Wildman–Crippen LogP) is 3.41. The number of carbonyl (C=O) groups is 2. The van der Waals surface area contributed by atoms with Crippen LogP contribution in [0.1, 0.15) is 37.3 Å². The second-order valence-corrected chi connectivity index (χ2v) is 6.98. The van der Waals surface area contributed by atoms with E-state index in [1.165, 1.54) is 5.56 Å². The summed E-state index contributed by atoms with van der Waals surface area (Å²) in [6.45, 7) is 5.21. The first-order valence-corrected chi connectivity index (χ1v) is 8.62. The van der Waals surface area contributed by atoms with Gasteiger partial charge in [0.2, 0.25) is 11.8 Å². The molecule has 1 saturated heterocycles. The summed E-state index contributed by atoms with van der Waals surface area (Å²) in [5.41, 5.74) is 3.05. The van der Waals surface area contributed by atoms with Gasteiger partial charge in [-0.2, -0.15) is 0 Å². The molecule has 5 heteroatoms. The lowest BCUT2D eigenvalue weighted by Gasteiger charge is -2.21. The molecule has 1 aromatic heterocycles. The molecule has 3 rings (SSSR count). The minimum Gasteiger partial charge on any atom is -0.472 e. The standard InChI is InChI=1S/C20H24N2O3/c1-14(2)16-4-6-18(7-5-16)22-12-17(10-19(22)23)20(24)21(3)11-15-8-9-25-13-15/h4-9,13-14,17H,10-12H2,1-3H3. The molecule has 1 fully saturated rings. The summed E-state index contributed by atoms with van der Waals surface area (Å²) >= 11 is 0. The highest BCUT2D eigenvalue weighted by atomic mass is 16.3.